The third-order valence-electron chi connectivity index (χ3n) is 6.97. The van der Waals surface area contributed by atoms with E-state index in [1.807, 2.05) is 56.3 Å². The number of rotatable bonds is 5. The fourth-order valence-corrected chi connectivity index (χ4v) is 4.64. The summed E-state index contributed by atoms with van der Waals surface area (Å²) in [5.74, 6) is -0.119. The van der Waals surface area contributed by atoms with Crippen LogP contribution in [0, 0.1) is 5.92 Å². The second kappa shape index (κ2) is 12.2. The summed E-state index contributed by atoms with van der Waals surface area (Å²) in [7, 11) is 1.73. The molecule has 10 heteroatoms. The minimum Gasteiger partial charge on any atom is -0.394 e. The van der Waals surface area contributed by atoms with Crippen molar-refractivity contribution in [2.24, 2.45) is 5.92 Å². The Kier molecular flexibility index (Phi) is 8.73. The highest BCUT2D eigenvalue weighted by molar-refractivity contribution is 6.01. The Morgan fingerprint density at radius 1 is 1.27 bits per heavy atom. The third-order valence-corrected chi connectivity index (χ3v) is 6.97. The molecule has 0 saturated heterocycles. The number of fused-ring (bicyclic) bond motifs is 2. The van der Waals surface area contributed by atoms with Gasteiger partial charge in [-0.3, -0.25) is 4.79 Å². The number of aliphatic hydroxyl groups is 1. The van der Waals surface area contributed by atoms with Crippen molar-refractivity contribution in [3.05, 3.63) is 54.4 Å². The molecule has 1 aliphatic rings. The molecule has 0 spiro atoms. The van der Waals surface area contributed by atoms with Crippen LogP contribution in [-0.4, -0.2) is 80.7 Å². The van der Waals surface area contributed by atoms with Crippen LogP contribution in [0.25, 0.3) is 10.8 Å². The van der Waals surface area contributed by atoms with E-state index in [9.17, 15) is 14.7 Å². The summed E-state index contributed by atoms with van der Waals surface area (Å²) in [6.07, 6.45) is 2.28. The van der Waals surface area contributed by atoms with Gasteiger partial charge in [-0.05, 0) is 24.8 Å². The second-order valence-corrected chi connectivity index (χ2v) is 9.79. The molecular weight excluding hydrogens is 472 g/mol. The molecule has 0 aliphatic carbocycles. The van der Waals surface area contributed by atoms with Crippen molar-refractivity contribution in [2.75, 3.05) is 32.1 Å². The minimum atomic E-state index is -0.368. The van der Waals surface area contributed by atoms with Crippen molar-refractivity contribution in [1.82, 2.24) is 24.8 Å². The fraction of sp³-hybridized carbons (Fsp3) is 0.481. The van der Waals surface area contributed by atoms with Gasteiger partial charge >= 0.3 is 6.03 Å². The Bertz CT molecular complexity index is 1210. The topological polar surface area (TPSA) is 113 Å². The zero-order chi connectivity index (χ0) is 26.4. The van der Waals surface area contributed by atoms with Crippen molar-refractivity contribution in [3.63, 3.8) is 0 Å². The molecule has 1 aliphatic heterocycles. The monoisotopic (exact) mass is 508 g/mol. The molecule has 2 aromatic carbocycles. The van der Waals surface area contributed by atoms with Gasteiger partial charge in [-0.2, -0.15) is 0 Å². The van der Waals surface area contributed by atoms with Gasteiger partial charge in [0.1, 0.15) is 0 Å². The summed E-state index contributed by atoms with van der Waals surface area (Å²) in [5, 5.41) is 22.9. The predicted octanol–water partition coefficient (Wildman–Crippen LogP) is 3.12. The molecular formula is C27H36N6O4. The minimum absolute atomic E-state index is 0.0172. The van der Waals surface area contributed by atoms with Gasteiger partial charge in [-0.25, -0.2) is 9.48 Å². The number of ether oxygens (including phenoxy) is 1. The number of carbonyl (C=O) groups is 2. The van der Waals surface area contributed by atoms with Gasteiger partial charge in [-0.1, -0.05) is 48.5 Å². The number of hydrogen-bond acceptors (Lipinski definition) is 6. The molecule has 0 radical (unpaired) electrons. The summed E-state index contributed by atoms with van der Waals surface area (Å²) in [6, 6.07) is 13.2. The molecule has 3 aromatic rings. The van der Waals surface area contributed by atoms with E-state index in [-0.39, 0.29) is 36.6 Å². The van der Waals surface area contributed by atoms with Gasteiger partial charge in [0, 0.05) is 44.4 Å². The van der Waals surface area contributed by atoms with Crippen LogP contribution in [0.2, 0.25) is 0 Å². The van der Waals surface area contributed by atoms with Crippen LogP contribution in [0.15, 0.2) is 48.7 Å². The molecule has 10 nitrogen and oxygen atoms in total. The molecule has 37 heavy (non-hydrogen) atoms. The van der Waals surface area contributed by atoms with Gasteiger partial charge in [0.15, 0.2) is 0 Å². The standard InChI is InChI=1S/C27H36N6O4/c1-19-15-32(20(2)17-34)26(35)12-7-13-33-22(14-28-30-33)18-37-25(19)16-31(3)27(36)29-24-11-6-9-21-8-4-5-10-23(21)24/h4-6,8-11,14,19-20,25,34H,7,12-13,15-18H2,1-3H3,(H,29,36)/t19-,20+,25-/m1/s1. The van der Waals surface area contributed by atoms with Crippen molar-refractivity contribution in [1.29, 1.82) is 0 Å². The maximum absolute atomic E-state index is 13.2. The second-order valence-electron chi connectivity index (χ2n) is 9.79. The molecule has 3 amide bonds. The van der Waals surface area contributed by atoms with E-state index < -0.39 is 0 Å². The number of hydrogen-bond donors (Lipinski definition) is 2. The third kappa shape index (κ3) is 6.44. The lowest BCUT2D eigenvalue weighted by Gasteiger charge is -2.35. The molecule has 3 atom stereocenters. The zero-order valence-electron chi connectivity index (χ0n) is 21.7. The van der Waals surface area contributed by atoms with Crippen LogP contribution < -0.4 is 5.32 Å². The van der Waals surface area contributed by atoms with Gasteiger partial charge < -0.3 is 25.0 Å². The Hall–Kier alpha value is -3.50. The van der Waals surface area contributed by atoms with Crippen LogP contribution in [0.3, 0.4) is 0 Å². The first-order valence-electron chi connectivity index (χ1n) is 12.8. The van der Waals surface area contributed by atoms with Crippen LogP contribution in [0.1, 0.15) is 32.4 Å². The van der Waals surface area contributed by atoms with Crippen LogP contribution >= 0.6 is 0 Å². The van der Waals surface area contributed by atoms with E-state index in [0.717, 1.165) is 22.2 Å². The SMILES string of the molecule is C[C@@H]1CN([C@@H](C)CO)C(=O)CCCn2nncc2CO[C@@H]1CN(C)C(=O)Nc1cccc2ccccc12. The van der Waals surface area contributed by atoms with Crippen molar-refractivity contribution in [3.8, 4) is 0 Å². The van der Waals surface area contributed by atoms with Crippen LogP contribution in [0.4, 0.5) is 10.5 Å². The number of aryl methyl sites for hydroxylation is 1. The Balaban J connectivity index is 1.52. The zero-order valence-corrected chi connectivity index (χ0v) is 21.7. The molecule has 0 unspecified atom stereocenters. The maximum atomic E-state index is 13.2. The number of aromatic nitrogens is 3. The van der Waals surface area contributed by atoms with E-state index in [1.165, 1.54) is 0 Å². The summed E-state index contributed by atoms with van der Waals surface area (Å²) >= 11 is 0. The number of likely N-dealkylation sites (N-methyl/N-ethyl adjacent to an activating group) is 1. The highest BCUT2D eigenvalue weighted by atomic mass is 16.5. The molecule has 2 heterocycles. The van der Waals surface area contributed by atoms with Gasteiger partial charge in [0.05, 0.1) is 42.9 Å². The van der Waals surface area contributed by atoms with Gasteiger partial charge in [-0.15, -0.1) is 5.10 Å². The van der Waals surface area contributed by atoms with Crippen molar-refractivity contribution in [2.45, 2.75) is 52.0 Å². The number of carbonyl (C=O) groups excluding carboxylic acids is 2. The lowest BCUT2D eigenvalue weighted by Crippen LogP contribution is -2.48. The van der Waals surface area contributed by atoms with Crippen molar-refractivity contribution >= 4 is 28.4 Å². The number of anilines is 1. The van der Waals surface area contributed by atoms with Gasteiger partial charge in [0.25, 0.3) is 0 Å². The molecule has 1 aromatic heterocycles. The van der Waals surface area contributed by atoms with E-state index in [1.54, 1.807) is 27.7 Å². The highest BCUT2D eigenvalue weighted by Crippen LogP contribution is 2.24. The van der Waals surface area contributed by atoms with Crippen molar-refractivity contribution < 1.29 is 19.4 Å². The Morgan fingerprint density at radius 3 is 2.86 bits per heavy atom. The molecule has 198 valence electrons. The summed E-state index contributed by atoms with van der Waals surface area (Å²) in [5.41, 5.74) is 1.57. The number of urea groups is 1. The van der Waals surface area contributed by atoms with Crippen LogP contribution in [-0.2, 0) is 22.7 Å². The molecule has 4 rings (SSSR count). The lowest BCUT2D eigenvalue weighted by atomic mass is 10.0. The lowest BCUT2D eigenvalue weighted by molar-refractivity contribution is -0.136. The normalized spacial score (nSPS) is 20.0. The molecule has 0 fully saturated rings. The van der Waals surface area contributed by atoms with Gasteiger partial charge in [0.2, 0.25) is 5.91 Å². The van der Waals surface area contributed by atoms with E-state index >= 15 is 0 Å². The number of aliphatic hydroxyl groups excluding tert-OH is 1. The van der Waals surface area contributed by atoms with E-state index in [0.29, 0.717) is 39.1 Å². The number of benzene rings is 2. The maximum Gasteiger partial charge on any atom is 0.321 e. The first-order valence-corrected chi connectivity index (χ1v) is 12.8. The predicted molar refractivity (Wildman–Crippen MR) is 141 cm³/mol. The first-order chi connectivity index (χ1) is 17.9. The number of nitrogens with zero attached hydrogens (tertiary/aromatic N) is 5. The van der Waals surface area contributed by atoms with E-state index in [4.69, 9.17) is 4.74 Å². The quantitative estimate of drug-likeness (QED) is 0.548. The highest BCUT2D eigenvalue weighted by Gasteiger charge is 2.29. The smallest absolute Gasteiger partial charge is 0.321 e. The summed E-state index contributed by atoms with van der Waals surface area (Å²) in [4.78, 5) is 29.5. The molecule has 2 N–H and O–H groups in total. The molecule has 0 bridgehead atoms. The van der Waals surface area contributed by atoms with Crippen LogP contribution in [0.5, 0.6) is 0 Å². The fourth-order valence-electron chi connectivity index (χ4n) is 4.64. The average molecular weight is 509 g/mol. The number of nitrogens with one attached hydrogen (secondary N) is 1. The summed E-state index contributed by atoms with van der Waals surface area (Å²) in [6.45, 7) is 5.31. The molecule has 0 saturated carbocycles. The Labute approximate surface area is 217 Å². The Morgan fingerprint density at radius 2 is 2.05 bits per heavy atom. The number of amides is 3. The average Bonchev–Trinajstić information content (AvgIpc) is 3.35. The largest absolute Gasteiger partial charge is 0.394 e. The van der Waals surface area contributed by atoms with E-state index in [2.05, 4.69) is 15.6 Å². The summed E-state index contributed by atoms with van der Waals surface area (Å²) < 4.78 is 8.08. The first kappa shape index (κ1) is 26.6.